The number of benzene rings is 1. The maximum absolute atomic E-state index is 13.5. The van der Waals surface area contributed by atoms with Gasteiger partial charge >= 0.3 is 6.09 Å². The number of carbonyl (C=O) groups is 1. The second-order valence-corrected chi connectivity index (χ2v) is 6.68. The summed E-state index contributed by atoms with van der Waals surface area (Å²) in [7, 11) is 0. The molecule has 0 radical (unpaired) electrons. The predicted octanol–water partition coefficient (Wildman–Crippen LogP) is 3.70. The molecule has 0 saturated heterocycles. The van der Waals surface area contributed by atoms with Gasteiger partial charge in [-0.05, 0) is 52.8 Å². The van der Waals surface area contributed by atoms with Gasteiger partial charge in [-0.25, -0.2) is 13.6 Å². The highest BCUT2D eigenvalue weighted by molar-refractivity contribution is 5.68. The number of hydrogen-bond acceptors (Lipinski definition) is 3. The first-order valence-corrected chi connectivity index (χ1v) is 7.74. The fourth-order valence-corrected chi connectivity index (χ4v) is 1.98. The first kappa shape index (κ1) is 19.4. The largest absolute Gasteiger partial charge is 0.444 e. The first-order chi connectivity index (χ1) is 10.6. The number of amides is 1. The molecule has 0 unspecified atom stereocenters. The Labute approximate surface area is 136 Å². The van der Waals surface area contributed by atoms with Crippen LogP contribution >= 0.6 is 0 Å². The molecular weight excluding hydrogens is 302 g/mol. The molecule has 1 aromatic carbocycles. The second-order valence-electron chi connectivity index (χ2n) is 6.68. The van der Waals surface area contributed by atoms with Gasteiger partial charge in [0, 0.05) is 31.2 Å². The minimum atomic E-state index is -0.553. The highest BCUT2D eigenvalue weighted by Gasteiger charge is 2.23. The zero-order valence-electron chi connectivity index (χ0n) is 14.5. The summed E-state index contributed by atoms with van der Waals surface area (Å²) in [5.41, 5.74) is -0.291. The van der Waals surface area contributed by atoms with Gasteiger partial charge in [-0.2, -0.15) is 0 Å². The zero-order valence-corrected chi connectivity index (χ0v) is 14.5. The molecule has 0 aliphatic rings. The number of ether oxygens (including phenoxy) is 1. The van der Waals surface area contributed by atoms with Gasteiger partial charge in [0.1, 0.15) is 17.2 Å². The normalized spacial score (nSPS) is 11.7. The Morgan fingerprint density at radius 2 is 1.96 bits per heavy atom. The van der Waals surface area contributed by atoms with Crippen LogP contribution in [0.3, 0.4) is 0 Å². The molecule has 0 aromatic heterocycles. The molecule has 0 saturated carbocycles. The molecule has 0 aliphatic carbocycles. The molecule has 1 N–H and O–H groups in total. The molecule has 130 valence electrons. The van der Waals surface area contributed by atoms with E-state index in [1.807, 2.05) is 34.6 Å². The Morgan fingerprint density at radius 1 is 1.30 bits per heavy atom. The minimum absolute atomic E-state index is 0.0162. The molecule has 0 aliphatic heterocycles. The SMILES string of the molecule is CC(C)N(CCNCc1cc(F)ccc1F)C(=O)OC(C)(C)C. The predicted molar refractivity (Wildman–Crippen MR) is 86.1 cm³/mol. The van der Waals surface area contributed by atoms with Crippen LogP contribution in [-0.4, -0.2) is 35.7 Å². The van der Waals surface area contributed by atoms with Crippen LogP contribution in [0.15, 0.2) is 18.2 Å². The van der Waals surface area contributed by atoms with Crippen LogP contribution < -0.4 is 5.32 Å². The number of carbonyl (C=O) groups excluding carboxylic acids is 1. The third-order valence-electron chi connectivity index (χ3n) is 3.10. The summed E-state index contributed by atoms with van der Waals surface area (Å²) in [6, 6.07) is 3.34. The van der Waals surface area contributed by atoms with Crippen LogP contribution in [0.5, 0.6) is 0 Å². The van der Waals surface area contributed by atoms with Crippen molar-refractivity contribution >= 4 is 6.09 Å². The molecule has 23 heavy (non-hydrogen) atoms. The lowest BCUT2D eigenvalue weighted by molar-refractivity contribution is 0.0193. The van der Waals surface area contributed by atoms with E-state index in [2.05, 4.69) is 5.32 Å². The summed E-state index contributed by atoms with van der Waals surface area (Å²) in [4.78, 5) is 13.7. The zero-order chi connectivity index (χ0) is 17.6. The molecule has 1 rings (SSSR count). The third-order valence-corrected chi connectivity index (χ3v) is 3.10. The average molecular weight is 328 g/mol. The van der Waals surface area contributed by atoms with E-state index < -0.39 is 17.2 Å². The fourth-order valence-electron chi connectivity index (χ4n) is 1.98. The number of halogens is 2. The number of hydrogen-bond donors (Lipinski definition) is 1. The Kier molecular flexibility index (Phi) is 6.94. The molecule has 4 nitrogen and oxygen atoms in total. The summed E-state index contributed by atoms with van der Waals surface area (Å²) < 4.78 is 32.0. The van der Waals surface area contributed by atoms with Gasteiger partial charge in [0.15, 0.2) is 0 Å². The molecule has 0 fully saturated rings. The summed E-state index contributed by atoms with van der Waals surface area (Å²) in [5.74, 6) is -0.924. The number of rotatable bonds is 6. The second kappa shape index (κ2) is 8.24. The van der Waals surface area contributed by atoms with Crippen LogP contribution in [0.25, 0.3) is 0 Å². The average Bonchev–Trinajstić information content (AvgIpc) is 2.39. The Balaban J connectivity index is 2.50. The number of nitrogens with zero attached hydrogens (tertiary/aromatic N) is 1. The summed E-state index contributed by atoms with van der Waals surface area (Å²) in [5, 5.41) is 3.02. The Hall–Kier alpha value is -1.69. The van der Waals surface area contributed by atoms with Crippen molar-refractivity contribution in [1.82, 2.24) is 10.2 Å². The van der Waals surface area contributed by atoms with E-state index >= 15 is 0 Å². The summed E-state index contributed by atoms with van der Waals surface area (Å²) in [6.45, 7) is 10.3. The van der Waals surface area contributed by atoms with Crippen molar-refractivity contribution < 1.29 is 18.3 Å². The van der Waals surface area contributed by atoms with E-state index in [1.54, 1.807) is 4.90 Å². The van der Waals surface area contributed by atoms with E-state index in [0.29, 0.717) is 13.1 Å². The van der Waals surface area contributed by atoms with Crippen LogP contribution in [-0.2, 0) is 11.3 Å². The van der Waals surface area contributed by atoms with Crippen molar-refractivity contribution in [1.29, 1.82) is 0 Å². The van der Waals surface area contributed by atoms with E-state index in [1.165, 1.54) is 0 Å². The van der Waals surface area contributed by atoms with Gasteiger partial charge in [0.25, 0.3) is 0 Å². The highest BCUT2D eigenvalue weighted by atomic mass is 19.1. The molecule has 6 heteroatoms. The monoisotopic (exact) mass is 328 g/mol. The smallest absolute Gasteiger partial charge is 0.410 e. The highest BCUT2D eigenvalue weighted by Crippen LogP contribution is 2.12. The van der Waals surface area contributed by atoms with E-state index in [4.69, 9.17) is 4.74 Å². The Bertz CT molecular complexity index is 528. The van der Waals surface area contributed by atoms with Crippen molar-refractivity contribution in [2.24, 2.45) is 0 Å². The van der Waals surface area contributed by atoms with Crippen molar-refractivity contribution in [3.8, 4) is 0 Å². The summed E-state index contributed by atoms with van der Waals surface area (Å²) >= 11 is 0. The molecule has 0 bridgehead atoms. The van der Waals surface area contributed by atoms with E-state index in [-0.39, 0.29) is 24.2 Å². The lowest BCUT2D eigenvalue weighted by Crippen LogP contribution is -2.44. The molecule has 0 spiro atoms. The van der Waals surface area contributed by atoms with Crippen molar-refractivity contribution in [3.05, 3.63) is 35.4 Å². The van der Waals surface area contributed by atoms with Crippen LogP contribution in [0.4, 0.5) is 13.6 Å². The van der Waals surface area contributed by atoms with Crippen LogP contribution in [0, 0.1) is 11.6 Å². The van der Waals surface area contributed by atoms with Gasteiger partial charge in [0.2, 0.25) is 0 Å². The molecular formula is C17H26F2N2O2. The van der Waals surface area contributed by atoms with Crippen molar-refractivity contribution in [2.45, 2.75) is 52.8 Å². The number of nitrogens with one attached hydrogen (secondary N) is 1. The molecule has 1 amide bonds. The van der Waals surface area contributed by atoms with Crippen molar-refractivity contribution in [2.75, 3.05) is 13.1 Å². The first-order valence-electron chi connectivity index (χ1n) is 7.74. The lowest BCUT2D eigenvalue weighted by Gasteiger charge is -2.30. The van der Waals surface area contributed by atoms with Gasteiger partial charge < -0.3 is 15.0 Å². The van der Waals surface area contributed by atoms with Crippen LogP contribution in [0.2, 0.25) is 0 Å². The summed E-state index contributed by atoms with van der Waals surface area (Å²) in [6.07, 6.45) is -0.383. The van der Waals surface area contributed by atoms with Gasteiger partial charge in [-0.3, -0.25) is 0 Å². The Morgan fingerprint density at radius 3 is 2.52 bits per heavy atom. The molecule has 0 heterocycles. The van der Waals surface area contributed by atoms with Gasteiger partial charge in [0.05, 0.1) is 0 Å². The van der Waals surface area contributed by atoms with Gasteiger partial charge in [-0.15, -0.1) is 0 Å². The van der Waals surface area contributed by atoms with E-state index in [9.17, 15) is 13.6 Å². The molecule has 1 aromatic rings. The van der Waals surface area contributed by atoms with Crippen LogP contribution in [0.1, 0.15) is 40.2 Å². The lowest BCUT2D eigenvalue weighted by atomic mass is 10.2. The quantitative estimate of drug-likeness (QED) is 0.810. The van der Waals surface area contributed by atoms with Crippen molar-refractivity contribution in [3.63, 3.8) is 0 Å². The van der Waals surface area contributed by atoms with Gasteiger partial charge in [-0.1, -0.05) is 0 Å². The minimum Gasteiger partial charge on any atom is -0.444 e. The molecule has 0 atom stereocenters. The maximum atomic E-state index is 13.5. The topological polar surface area (TPSA) is 41.6 Å². The van der Waals surface area contributed by atoms with E-state index in [0.717, 1.165) is 18.2 Å². The third kappa shape index (κ3) is 6.95. The standard InChI is InChI=1S/C17H26F2N2O2/c1-12(2)21(16(22)23-17(3,4)5)9-8-20-11-13-10-14(18)6-7-15(13)19/h6-7,10,12,20H,8-9,11H2,1-5H3. The fraction of sp³-hybridized carbons (Fsp3) is 0.588. The maximum Gasteiger partial charge on any atom is 0.410 e.